The highest BCUT2D eigenvalue weighted by atomic mass is 35.5. The van der Waals surface area contributed by atoms with Gasteiger partial charge in [0.1, 0.15) is 0 Å². The summed E-state index contributed by atoms with van der Waals surface area (Å²) in [6.45, 7) is 3.30. The normalized spacial score (nSPS) is 17.1. The van der Waals surface area contributed by atoms with Gasteiger partial charge in [-0.3, -0.25) is 0 Å². The van der Waals surface area contributed by atoms with E-state index in [-0.39, 0.29) is 0 Å². The highest BCUT2D eigenvalue weighted by Crippen LogP contribution is 2.28. The van der Waals surface area contributed by atoms with Crippen LogP contribution in [0.4, 0.5) is 0 Å². The molecule has 1 aliphatic carbocycles. The van der Waals surface area contributed by atoms with Crippen molar-refractivity contribution >= 4 is 23.2 Å². The van der Waals surface area contributed by atoms with Crippen LogP contribution in [0.15, 0.2) is 18.2 Å². The quantitative estimate of drug-likeness (QED) is 0.813. The van der Waals surface area contributed by atoms with Crippen molar-refractivity contribution in [1.29, 1.82) is 0 Å². The molecule has 0 amide bonds. The van der Waals surface area contributed by atoms with Gasteiger partial charge in [0.05, 0.1) is 0 Å². The van der Waals surface area contributed by atoms with Gasteiger partial charge in [0.25, 0.3) is 0 Å². The van der Waals surface area contributed by atoms with Gasteiger partial charge in [-0.2, -0.15) is 0 Å². The van der Waals surface area contributed by atoms with Crippen LogP contribution in [0.2, 0.25) is 10.0 Å². The fraction of sp³-hybridized carbons (Fsp3) is 0.571. The molecule has 1 aromatic rings. The Kier molecular flexibility index (Phi) is 4.72. The Balaban J connectivity index is 1.96. The molecule has 0 aliphatic heterocycles. The molecule has 1 nitrogen and oxygen atoms in total. The molecule has 1 aliphatic rings. The van der Waals surface area contributed by atoms with Crippen LogP contribution in [-0.2, 0) is 6.42 Å². The first-order valence-corrected chi connectivity index (χ1v) is 7.12. The van der Waals surface area contributed by atoms with Crippen LogP contribution < -0.4 is 5.32 Å². The van der Waals surface area contributed by atoms with Crippen molar-refractivity contribution < 1.29 is 0 Å². The molecule has 1 saturated carbocycles. The third-order valence-electron chi connectivity index (χ3n) is 3.40. The molecule has 1 atom stereocenters. The van der Waals surface area contributed by atoms with Crippen LogP contribution in [-0.4, -0.2) is 12.6 Å². The summed E-state index contributed by atoms with van der Waals surface area (Å²) >= 11 is 12.4. The Labute approximate surface area is 114 Å². The number of benzene rings is 1. The largest absolute Gasteiger partial charge is 0.314 e. The average Bonchev–Trinajstić information content (AvgIpc) is 3.12. The van der Waals surface area contributed by atoms with Crippen molar-refractivity contribution in [2.75, 3.05) is 6.54 Å². The van der Waals surface area contributed by atoms with Gasteiger partial charge in [0.15, 0.2) is 0 Å². The van der Waals surface area contributed by atoms with Gasteiger partial charge in [-0.05, 0) is 49.4 Å². The molecule has 0 spiro atoms. The van der Waals surface area contributed by atoms with Crippen molar-refractivity contribution in [1.82, 2.24) is 5.32 Å². The fourth-order valence-electron chi connectivity index (χ4n) is 2.00. The highest BCUT2D eigenvalue weighted by molar-refractivity contribution is 6.35. The van der Waals surface area contributed by atoms with E-state index < -0.39 is 0 Å². The standard InChI is InChI=1S/C14H19Cl2N/c1-2-10(9-17-11-6-7-11)8-12-13(15)4-3-5-14(12)16/h3-5,10-11,17H,2,6-9H2,1H3. The molecule has 1 unspecified atom stereocenters. The van der Waals surface area contributed by atoms with Crippen molar-refractivity contribution in [2.24, 2.45) is 5.92 Å². The zero-order valence-corrected chi connectivity index (χ0v) is 11.7. The molecule has 1 aromatic carbocycles. The fourth-order valence-corrected chi connectivity index (χ4v) is 2.55. The van der Waals surface area contributed by atoms with E-state index >= 15 is 0 Å². The van der Waals surface area contributed by atoms with E-state index in [0.717, 1.165) is 41.0 Å². The molecule has 0 heterocycles. The molecule has 0 saturated heterocycles. The number of hydrogen-bond acceptors (Lipinski definition) is 1. The van der Waals surface area contributed by atoms with Gasteiger partial charge in [-0.25, -0.2) is 0 Å². The van der Waals surface area contributed by atoms with E-state index in [1.54, 1.807) is 0 Å². The zero-order valence-electron chi connectivity index (χ0n) is 10.2. The van der Waals surface area contributed by atoms with E-state index in [0.29, 0.717) is 5.92 Å². The summed E-state index contributed by atoms with van der Waals surface area (Å²) in [7, 11) is 0. The van der Waals surface area contributed by atoms with Crippen molar-refractivity contribution in [3.63, 3.8) is 0 Å². The van der Waals surface area contributed by atoms with E-state index in [4.69, 9.17) is 23.2 Å². The Bertz CT molecular complexity index is 354. The van der Waals surface area contributed by atoms with Crippen LogP contribution in [0.1, 0.15) is 31.7 Å². The number of halogens is 2. The topological polar surface area (TPSA) is 12.0 Å². The van der Waals surface area contributed by atoms with E-state index in [1.165, 1.54) is 12.8 Å². The van der Waals surface area contributed by atoms with Crippen LogP contribution >= 0.6 is 23.2 Å². The molecule has 2 rings (SSSR count). The summed E-state index contributed by atoms with van der Waals surface area (Å²) in [6.07, 6.45) is 4.79. The Morgan fingerprint density at radius 2 is 1.94 bits per heavy atom. The minimum atomic E-state index is 0.619. The summed E-state index contributed by atoms with van der Waals surface area (Å²) in [5.74, 6) is 0.619. The zero-order chi connectivity index (χ0) is 12.3. The lowest BCUT2D eigenvalue weighted by Crippen LogP contribution is -2.25. The first kappa shape index (κ1) is 13.2. The van der Waals surface area contributed by atoms with Crippen molar-refractivity contribution in [3.8, 4) is 0 Å². The molecule has 94 valence electrons. The average molecular weight is 272 g/mol. The first-order chi connectivity index (χ1) is 8.20. The molecular weight excluding hydrogens is 253 g/mol. The summed E-state index contributed by atoms with van der Waals surface area (Å²) in [6, 6.07) is 6.51. The number of hydrogen-bond donors (Lipinski definition) is 1. The molecule has 3 heteroatoms. The van der Waals surface area contributed by atoms with Gasteiger partial charge < -0.3 is 5.32 Å². The van der Waals surface area contributed by atoms with E-state index in [2.05, 4.69) is 12.2 Å². The maximum Gasteiger partial charge on any atom is 0.0452 e. The molecular formula is C14H19Cl2N. The Hall–Kier alpha value is -0.240. The highest BCUT2D eigenvalue weighted by Gasteiger charge is 2.22. The molecule has 0 aromatic heterocycles. The monoisotopic (exact) mass is 271 g/mol. The van der Waals surface area contributed by atoms with Crippen molar-refractivity contribution in [3.05, 3.63) is 33.8 Å². The smallest absolute Gasteiger partial charge is 0.0452 e. The Morgan fingerprint density at radius 3 is 2.47 bits per heavy atom. The lowest BCUT2D eigenvalue weighted by Gasteiger charge is -2.17. The third-order valence-corrected chi connectivity index (χ3v) is 4.11. The van der Waals surface area contributed by atoms with Crippen LogP contribution in [0.5, 0.6) is 0 Å². The van der Waals surface area contributed by atoms with Gasteiger partial charge in [-0.1, -0.05) is 42.6 Å². The minimum Gasteiger partial charge on any atom is -0.314 e. The SMILES string of the molecule is CCC(CNC1CC1)Cc1c(Cl)cccc1Cl. The second-order valence-corrected chi connectivity index (χ2v) is 5.68. The maximum atomic E-state index is 6.20. The van der Waals surface area contributed by atoms with E-state index in [1.807, 2.05) is 18.2 Å². The maximum absolute atomic E-state index is 6.20. The third kappa shape index (κ3) is 3.87. The molecule has 1 N–H and O–H groups in total. The lowest BCUT2D eigenvalue weighted by molar-refractivity contribution is 0.459. The Morgan fingerprint density at radius 1 is 1.29 bits per heavy atom. The van der Waals surface area contributed by atoms with Gasteiger partial charge in [0, 0.05) is 16.1 Å². The van der Waals surface area contributed by atoms with Crippen molar-refractivity contribution in [2.45, 2.75) is 38.6 Å². The summed E-state index contributed by atoms with van der Waals surface area (Å²) < 4.78 is 0. The van der Waals surface area contributed by atoms with Gasteiger partial charge in [-0.15, -0.1) is 0 Å². The van der Waals surface area contributed by atoms with Crippen LogP contribution in [0.25, 0.3) is 0 Å². The number of nitrogens with one attached hydrogen (secondary N) is 1. The predicted octanol–water partition coefficient (Wildman–Crippen LogP) is 4.31. The van der Waals surface area contributed by atoms with Crippen LogP contribution in [0.3, 0.4) is 0 Å². The molecule has 17 heavy (non-hydrogen) atoms. The summed E-state index contributed by atoms with van der Waals surface area (Å²) in [5.41, 5.74) is 1.10. The minimum absolute atomic E-state index is 0.619. The van der Waals surface area contributed by atoms with E-state index in [9.17, 15) is 0 Å². The lowest BCUT2D eigenvalue weighted by atomic mass is 9.96. The first-order valence-electron chi connectivity index (χ1n) is 6.37. The molecule has 0 bridgehead atoms. The summed E-state index contributed by atoms with van der Waals surface area (Å²) in [4.78, 5) is 0. The van der Waals surface area contributed by atoms with Gasteiger partial charge in [0.2, 0.25) is 0 Å². The predicted molar refractivity (Wildman–Crippen MR) is 75.0 cm³/mol. The second kappa shape index (κ2) is 6.08. The molecule has 1 fully saturated rings. The van der Waals surface area contributed by atoms with Crippen LogP contribution in [0, 0.1) is 5.92 Å². The number of rotatable bonds is 6. The second-order valence-electron chi connectivity index (χ2n) is 4.86. The van der Waals surface area contributed by atoms with Gasteiger partial charge >= 0.3 is 0 Å². The summed E-state index contributed by atoms with van der Waals surface area (Å²) in [5, 5.41) is 5.17. The molecule has 0 radical (unpaired) electrons.